The van der Waals surface area contributed by atoms with E-state index < -0.39 is 11.9 Å². The van der Waals surface area contributed by atoms with Gasteiger partial charge in [0.15, 0.2) is 0 Å². The van der Waals surface area contributed by atoms with Gasteiger partial charge in [-0.25, -0.2) is 9.59 Å². The van der Waals surface area contributed by atoms with Crippen LogP contribution in [0.2, 0.25) is 0 Å². The highest BCUT2D eigenvalue weighted by Crippen LogP contribution is 2.41. The highest BCUT2D eigenvalue weighted by atomic mass is 16.5. The van der Waals surface area contributed by atoms with Crippen LogP contribution < -0.4 is 0 Å². The molecule has 0 heterocycles. The molecule has 48 heavy (non-hydrogen) atoms. The molecule has 0 aromatic heterocycles. The molecule has 0 aliphatic heterocycles. The summed E-state index contributed by atoms with van der Waals surface area (Å²) in [5.41, 5.74) is 5.26. The fourth-order valence-electron chi connectivity index (χ4n) is 5.84. The van der Waals surface area contributed by atoms with E-state index in [1.54, 1.807) is 24.3 Å². The molecule has 0 aliphatic rings. The monoisotopic (exact) mass is 658 g/mol. The average molecular weight is 659 g/mol. The first-order valence-electron chi connectivity index (χ1n) is 17.2. The number of ether oxygens (including phenoxy) is 2. The molecule has 0 aliphatic carbocycles. The van der Waals surface area contributed by atoms with Crippen LogP contribution in [0.3, 0.4) is 0 Å². The molecule has 3 aromatic carbocycles. The van der Waals surface area contributed by atoms with E-state index in [1.165, 1.54) is 0 Å². The third-order valence-corrected chi connectivity index (χ3v) is 8.62. The van der Waals surface area contributed by atoms with Crippen LogP contribution in [-0.2, 0) is 44.0 Å². The maximum Gasteiger partial charge on any atom is 0.339 e. The lowest BCUT2D eigenvalue weighted by atomic mass is 9.78. The van der Waals surface area contributed by atoms with Gasteiger partial charge in [0.2, 0.25) is 0 Å². The summed E-state index contributed by atoms with van der Waals surface area (Å²) < 4.78 is 11.2. The Morgan fingerprint density at radius 2 is 0.792 bits per heavy atom. The van der Waals surface area contributed by atoms with Crippen molar-refractivity contribution in [1.29, 1.82) is 0 Å². The van der Waals surface area contributed by atoms with Gasteiger partial charge < -0.3 is 19.7 Å². The normalized spacial score (nSPS) is 12.6. The molecular weight excluding hydrogens is 600 g/mol. The third-order valence-electron chi connectivity index (χ3n) is 8.62. The summed E-state index contributed by atoms with van der Waals surface area (Å²) in [5, 5.41) is 22.0. The minimum absolute atomic E-state index is 0.181. The molecule has 262 valence electrons. The molecule has 2 N–H and O–H groups in total. The molecule has 6 heteroatoms. The molecule has 0 bridgehead atoms. The minimum atomic E-state index is -0.562. The summed E-state index contributed by atoms with van der Waals surface area (Å²) >= 11 is 0. The summed E-state index contributed by atoms with van der Waals surface area (Å²) in [5.74, 6) is -0.434. The molecule has 0 amide bonds. The molecule has 3 rings (SSSR count). The first-order valence-corrected chi connectivity index (χ1v) is 17.2. The molecule has 0 unspecified atom stereocenters. The van der Waals surface area contributed by atoms with Gasteiger partial charge in [-0.3, -0.25) is 0 Å². The number of aryl methyl sites for hydroxylation is 2. The zero-order valence-corrected chi connectivity index (χ0v) is 31.4. The van der Waals surface area contributed by atoms with Gasteiger partial charge >= 0.3 is 11.9 Å². The predicted octanol–water partition coefficient (Wildman–Crippen LogP) is 9.87. The highest BCUT2D eigenvalue weighted by Gasteiger charge is 2.28. The maximum absolute atomic E-state index is 13.1. The Balaban J connectivity index is 1.62. The topological polar surface area (TPSA) is 93.1 Å². The zero-order chi connectivity index (χ0) is 36.2. The number of carbonyl (C=O) groups is 2. The molecule has 0 atom stereocenters. The Bertz CT molecular complexity index is 1410. The Hall–Kier alpha value is -3.80. The van der Waals surface area contributed by atoms with Crippen molar-refractivity contribution in [2.75, 3.05) is 13.2 Å². The number of esters is 2. The van der Waals surface area contributed by atoms with Crippen molar-refractivity contribution in [3.63, 3.8) is 0 Å². The number of aromatic hydroxyl groups is 2. The van der Waals surface area contributed by atoms with Crippen molar-refractivity contribution in [2.45, 2.75) is 130 Å². The molecule has 3 aromatic rings. The first kappa shape index (κ1) is 38.6. The van der Waals surface area contributed by atoms with E-state index in [9.17, 15) is 19.8 Å². The van der Waals surface area contributed by atoms with Crippen molar-refractivity contribution in [3.8, 4) is 11.5 Å². The van der Waals surface area contributed by atoms with Gasteiger partial charge in [0, 0.05) is 0 Å². The maximum atomic E-state index is 13.1. The number of phenolic OH excluding ortho intramolecular Hbond substituents is 2. The van der Waals surface area contributed by atoms with E-state index in [-0.39, 0.29) is 46.0 Å². The van der Waals surface area contributed by atoms with Crippen molar-refractivity contribution in [1.82, 2.24) is 0 Å². The number of phenols is 2. The Labute approximate surface area is 288 Å². The van der Waals surface area contributed by atoms with Gasteiger partial charge in [-0.05, 0) is 92.9 Å². The van der Waals surface area contributed by atoms with Crippen LogP contribution in [0.25, 0.3) is 0 Å². The van der Waals surface area contributed by atoms with Gasteiger partial charge in [0.25, 0.3) is 0 Å². The summed E-state index contributed by atoms with van der Waals surface area (Å²) in [7, 11) is 0. The largest absolute Gasteiger partial charge is 0.507 e. The highest BCUT2D eigenvalue weighted by molar-refractivity contribution is 6.03. The third kappa shape index (κ3) is 9.87. The molecular formula is C42H58O6. The van der Waals surface area contributed by atoms with Crippen LogP contribution in [0.4, 0.5) is 0 Å². The zero-order valence-electron chi connectivity index (χ0n) is 31.4. The van der Waals surface area contributed by atoms with E-state index in [1.807, 2.05) is 24.3 Å². The lowest BCUT2D eigenvalue weighted by molar-refractivity contribution is 0.0453. The van der Waals surface area contributed by atoms with Crippen molar-refractivity contribution in [3.05, 3.63) is 93.0 Å². The number of hydrogen-bond donors (Lipinski definition) is 2. The number of rotatable bonds is 10. The van der Waals surface area contributed by atoms with E-state index in [0.29, 0.717) is 37.2 Å². The average Bonchev–Trinajstić information content (AvgIpc) is 2.96. The van der Waals surface area contributed by atoms with E-state index >= 15 is 0 Å². The first-order chi connectivity index (χ1) is 22.0. The second kappa shape index (κ2) is 14.8. The predicted molar refractivity (Wildman–Crippen MR) is 195 cm³/mol. The number of carbonyl (C=O) groups excluding carboxylic acids is 2. The van der Waals surface area contributed by atoms with Crippen molar-refractivity contribution in [2.24, 2.45) is 0 Å². The van der Waals surface area contributed by atoms with E-state index in [0.717, 1.165) is 33.4 Å². The second-order valence-corrected chi connectivity index (χ2v) is 17.1. The van der Waals surface area contributed by atoms with Crippen LogP contribution >= 0.6 is 0 Å². The molecule has 0 fully saturated rings. The van der Waals surface area contributed by atoms with Gasteiger partial charge in [0.05, 0.1) is 24.3 Å². The lowest BCUT2D eigenvalue weighted by Crippen LogP contribution is -2.18. The lowest BCUT2D eigenvalue weighted by Gasteiger charge is -2.28. The summed E-state index contributed by atoms with van der Waals surface area (Å²) in [4.78, 5) is 26.2. The molecule has 0 saturated carbocycles. The van der Waals surface area contributed by atoms with Gasteiger partial charge in [-0.2, -0.15) is 0 Å². The van der Waals surface area contributed by atoms with Crippen molar-refractivity contribution < 1.29 is 29.3 Å². The number of benzene rings is 3. The Morgan fingerprint density at radius 3 is 1.04 bits per heavy atom. The summed E-state index contributed by atoms with van der Waals surface area (Å²) in [6.07, 6.45) is 2.56. The van der Waals surface area contributed by atoms with E-state index in [4.69, 9.17) is 9.47 Å². The van der Waals surface area contributed by atoms with Crippen LogP contribution in [0.1, 0.15) is 150 Å². The van der Waals surface area contributed by atoms with Gasteiger partial charge in [-0.1, -0.05) is 119 Å². The fourth-order valence-corrected chi connectivity index (χ4v) is 5.84. The second-order valence-electron chi connectivity index (χ2n) is 17.1. The van der Waals surface area contributed by atoms with Crippen molar-refractivity contribution >= 4 is 11.9 Å². The SMILES string of the molecule is CC(C)(C)c1cc(CCCOC(=O)c2ccccc2C(=O)OCCCc2cc(C(C)(C)C)c(O)c(C(C)(C)C)c2)cc(C(C)(C)C)c1O. The standard InChI is InChI=1S/C42H58O6/c1-39(2,3)31-23-27(24-32(35(31)43)40(4,5)6)17-15-21-47-37(45)29-19-13-14-20-30(29)38(46)48-22-16-18-28-25-33(41(7,8)9)36(44)34(26-28)42(10,11)12/h13-14,19-20,23-26,43-44H,15-18,21-22H2,1-12H3. The number of hydrogen-bond acceptors (Lipinski definition) is 6. The van der Waals surface area contributed by atoms with Crippen LogP contribution in [0.5, 0.6) is 11.5 Å². The molecule has 0 spiro atoms. The molecule has 0 radical (unpaired) electrons. The van der Waals surface area contributed by atoms with Crippen LogP contribution in [-0.4, -0.2) is 35.4 Å². The summed E-state index contributed by atoms with van der Waals surface area (Å²) in [6, 6.07) is 14.8. The van der Waals surface area contributed by atoms with Crippen LogP contribution in [0.15, 0.2) is 48.5 Å². The summed E-state index contributed by atoms with van der Waals surface area (Å²) in [6.45, 7) is 25.4. The smallest absolute Gasteiger partial charge is 0.339 e. The van der Waals surface area contributed by atoms with Gasteiger partial charge in [-0.15, -0.1) is 0 Å². The fraction of sp³-hybridized carbons (Fsp3) is 0.524. The van der Waals surface area contributed by atoms with Crippen LogP contribution in [0, 0.1) is 0 Å². The Morgan fingerprint density at radius 1 is 0.521 bits per heavy atom. The minimum Gasteiger partial charge on any atom is -0.507 e. The molecule has 0 saturated heterocycles. The van der Waals surface area contributed by atoms with Gasteiger partial charge in [0.1, 0.15) is 11.5 Å². The quantitative estimate of drug-likeness (QED) is 0.166. The van der Waals surface area contributed by atoms with E-state index in [2.05, 4.69) is 83.1 Å². The Kier molecular flexibility index (Phi) is 11.9. The molecule has 6 nitrogen and oxygen atoms in total.